The van der Waals surface area contributed by atoms with Gasteiger partial charge in [0.2, 0.25) is 5.16 Å². The van der Waals surface area contributed by atoms with E-state index in [0.717, 1.165) is 23.2 Å². The van der Waals surface area contributed by atoms with Crippen LogP contribution in [0.15, 0.2) is 29.4 Å². The molecule has 9 heteroatoms. The number of thioether (sulfide) groups is 1. The SMILES string of the molecule is CSc1nc2nc(C)c(CC(=O)OC(C)C(=O)N3CCc4ccccc4C3)c(C)n2n1. The van der Waals surface area contributed by atoms with Gasteiger partial charge < -0.3 is 9.64 Å². The van der Waals surface area contributed by atoms with Crippen LogP contribution >= 0.6 is 11.8 Å². The van der Waals surface area contributed by atoms with Crippen molar-refractivity contribution in [3.8, 4) is 0 Å². The Hall–Kier alpha value is -2.94. The molecule has 0 radical (unpaired) electrons. The molecule has 0 N–H and O–H groups in total. The summed E-state index contributed by atoms with van der Waals surface area (Å²) >= 11 is 1.43. The van der Waals surface area contributed by atoms with E-state index in [1.165, 1.54) is 17.3 Å². The Morgan fingerprint density at radius 2 is 1.94 bits per heavy atom. The van der Waals surface area contributed by atoms with Crippen molar-refractivity contribution in [2.45, 2.75) is 51.4 Å². The zero-order valence-electron chi connectivity index (χ0n) is 18.1. The zero-order chi connectivity index (χ0) is 22.1. The van der Waals surface area contributed by atoms with Crippen LogP contribution in [0.2, 0.25) is 0 Å². The smallest absolute Gasteiger partial charge is 0.311 e. The molecule has 1 aromatic carbocycles. The lowest BCUT2D eigenvalue weighted by Crippen LogP contribution is -2.42. The molecule has 1 aliphatic rings. The molecule has 8 nitrogen and oxygen atoms in total. The number of ether oxygens (including phenoxy) is 1. The van der Waals surface area contributed by atoms with E-state index in [9.17, 15) is 9.59 Å². The van der Waals surface area contributed by atoms with Crippen LogP contribution in [0.25, 0.3) is 5.78 Å². The van der Waals surface area contributed by atoms with Gasteiger partial charge in [0.15, 0.2) is 6.10 Å². The molecule has 3 heterocycles. The van der Waals surface area contributed by atoms with Crippen LogP contribution < -0.4 is 0 Å². The summed E-state index contributed by atoms with van der Waals surface area (Å²) < 4.78 is 7.14. The third-order valence-electron chi connectivity index (χ3n) is 5.63. The number of fused-ring (bicyclic) bond motifs is 2. The average Bonchev–Trinajstić information content (AvgIpc) is 3.19. The fourth-order valence-corrected chi connectivity index (χ4v) is 4.24. The molecular formula is C22H25N5O3S. The Morgan fingerprint density at radius 1 is 1.19 bits per heavy atom. The predicted molar refractivity (Wildman–Crippen MR) is 117 cm³/mol. The fraction of sp³-hybridized carbons (Fsp3) is 0.409. The van der Waals surface area contributed by atoms with E-state index in [2.05, 4.69) is 21.1 Å². The van der Waals surface area contributed by atoms with Gasteiger partial charge in [-0.1, -0.05) is 36.0 Å². The summed E-state index contributed by atoms with van der Waals surface area (Å²) in [6, 6.07) is 8.11. The van der Waals surface area contributed by atoms with Gasteiger partial charge in [-0.15, -0.1) is 5.10 Å². The average molecular weight is 440 g/mol. The number of esters is 1. The largest absolute Gasteiger partial charge is 0.452 e. The highest BCUT2D eigenvalue weighted by Gasteiger charge is 2.27. The molecular weight excluding hydrogens is 414 g/mol. The number of nitrogens with zero attached hydrogens (tertiary/aromatic N) is 5. The molecule has 0 bridgehead atoms. The number of aromatic nitrogens is 4. The van der Waals surface area contributed by atoms with E-state index in [1.807, 2.05) is 38.3 Å². The lowest BCUT2D eigenvalue weighted by molar-refractivity contribution is -0.159. The van der Waals surface area contributed by atoms with E-state index >= 15 is 0 Å². The van der Waals surface area contributed by atoms with Crippen molar-refractivity contribution < 1.29 is 14.3 Å². The zero-order valence-corrected chi connectivity index (χ0v) is 18.9. The number of carbonyl (C=O) groups is 2. The van der Waals surface area contributed by atoms with E-state index in [4.69, 9.17) is 4.74 Å². The van der Waals surface area contributed by atoms with Crippen molar-refractivity contribution in [1.82, 2.24) is 24.5 Å². The number of benzene rings is 1. The van der Waals surface area contributed by atoms with Gasteiger partial charge in [-0.25, -0.2) is 9.50 Å². The predicted octanol–water partition coefficient (Wildman–Crippen LogP) is 2.52. The summed E-state index contributed by atoms with van der Waals surface area (Å²) in [5.41, 5.74) is 4.64. The van der Waals surface area contributed by atoms with Crippen LogP contribution in [0.5, 0.6) is 0 Å². The summed E-state index contributed by atoms with van der Waals surface area (Å²) in [5, 5.41) is 5.02. The molecule has 162 valence electrons. The molecule has 3 aromatic rings. The summed E-state index contributed by atoms with van der Waals surface area (Å²) in [4.78, 5) is 36.1. The lowest BCUT2D eigenvalue weighted by Gasteiger charge is -2.30. The molecule has 0 fully saturated rings. The van der Waals surface area contributed by atoms with Gasteiger partial charge in [0.1, 0.15) is 0 Å². The molecule has 4 rings (SSSR count). The minimum Gasteiger partial charge on any atom is -0.452 e. The van der Waals surface area contributed by atoms with Crippen molar-refractivity contribution >= 4 is 29.4 Å². The summed E-state index contributed by atoms with van der Waals surface area (Å²) in [5.74, 6) is -0.132. The third kappa shape index (κ3) is 4.27. The molecule has 1 atom stereocenters. The Balaban J connectivity index is 1.43. The van der Waals surface area contributed by atoms with Gasteiger partial charge >= 0.3 is 5.97 Å². The van der Waals surface area contributed by atoms with Gasteiger partial charge in [-0.2, -0.15) is 4.98 Å². The van der Waals surface area contributed by atoms with Gasteiger partial charge in [-0.3, -0.25) is 9.59 Å². The van der Waals surface area contributed by atoms with E-state index in [0.29, 0.717) is 29.7 Å². The standard InChI is InChI=1S/C22H25N5O3S/c1-13-18(14(2)27-21(23-13)24-22(25-27)31-4)11-19(28)30-15(3)20(29)26-10-9-16-7-5-6-8-17(16)12-26/h5-8,15H,9-12H2,1-4H3. The van der Waals surface area contributed by atoms with Crippen LogP contribution in [0.1, 0.15) is 35.0 Å². The van der Waals surface area contributed by atoms with Crippen molar-refractivity contribution in [3.05, 3.63) is 52.3 Å². The maximum absolute atomic E-state index is 12.9. The first-order chi connectivity index (χ1) is 14.9. The molecule has 1 aliphatic heterocycles. The Bertz CT molecular complexity index is 1160. The maximum atomic E-state index is 12.9. The Kier molecular flexibility index (Phi) is 5.95. The topological polar surface area (TPSA) is 89.7 Å². The second kappa shape index (κ2) is 8.66. The highest BCUT2D eigenvalue weighted by Crippen LogP contribution is 2.20. The van der Waals surface area contributed by atoms with Crippen molar-refractivity contribution in [2.75, 3.05) is 12.8 Å². The van der Waals surface area contributed by atoms with Gasteiger partial charge in [0.25, 0.3) is 11.7 Å². The molecule has 0 saturated carbocycles. The summed E-state index contributed by atoms with van der Waals surface area (Å²) in [7, 11) is 0. The highest BCUT2D eigenvalue weighted by atomic mass is 32.2. The molecule has 2 aromatic heterocycles. The Labute approximate surface area is 185 Å². The second-order valence-electron chi connectivity index (χ2n) is 7.66. The van der Waals surface area contributed by atoms with Crippen LogP contribution in [0.3, 0.4) is 0 Å². The van der Waals surface area contributed by atoms with E-state index in [1.54, 1.807) is 16.3 Å². The first-order valence-electron chi connectivity index (χ1n) is 10.2. The first-order valence-corrected chi connectivity index (χ1v) is 11.4. The van der Waals surface area contributed by atoms with Crippen LogP contribution in [-0.4, -0.2) is 55.3 Å². The van der Waals surface area contributed by atoms with Gasteiger partial charge in [-0.05, 0) is 44.6 Å². The van der Waals surface area contributed by atoms with Crippen molar-refractivity contribution in [3.63, 3.8) is 0 Å². The van der Waals surface area contributed by atoms with Crippen LogP contribution in [-0.2, 0) is 33.7 Å². The summed E-state index contributed by atoms with van der Waals surface area (Å²) in [6.45, 7) is 6.51. The molecule has 0 aliphatic carbocycles. The van der Waals surface area contributed by atoms with Crippen molar-refractivity contribution in [1.29, 1.82) is 0 Å². The second-order valence-corrected chi connectivity index (χ2v) is 8.43. The Morgan fingerprint density at radius 3 is 2.68 bits per heavy atom. The first kappa shape index (κ1) is 21.3. The van der Waals surface area contributed by atoms with Crippen LogP contribution in [0, 0.1) is 13.8 Å². The van der Waals surface area contributed by atoms with Gasteiger partial charge in [0, 0.05) is 30.0 Å². The molecule has 0 spiro atoms. The van der Waals surface area contributed by atoms with Crippen LogP contribution in [0.4, 0.5) is 0 Å². The number of hydrogen-bond acceptors (Lipinski definition) is 7. The lowest BCUT2D eigenvalue weighted by atomic mass is 9.99. The van der Waals surface area contributed by atoms with E-state index < -0.39 is 12.1 Å². The molecule has 0 saturated heterocycles. The maximum Gasteiger partial charge on any atom is 0.311 e. The highest BCUT2D eigenvalue weighted by molar-refractivity contribution is 7.98. The minimum absolute atomic E-state index is 0.0233. The van der Waals surface area contributed by atoms with E-state index in [-0.39, 0.29) is 12.3 Å². The number of rotatable bonds is 5. The molecule has 1 unspecified atom stereocenters. The third-order valence-corrected chi connectivity index (χ3v) is 6.17. The molecule has 1 amide bonds. The number of hydrogen-bond donors (Lipinski definition) is 0. The fourth-order valence-electron chi connectivity index (χ4n) is 3.91. The number of carbonyl (C=O) groups excluding carboxylic acids is 2. The normalized spacial score (nSPS) is 14.4. The number of amides is 1. The van der Waals surface area contributed by atoms with Gasteiger partial charge in [0.05, 0.1) is 6.42 Å². The quantitative estimate of drug-likeness (QED) is 0.446. The monoisotopic (exact) mass is 439 g/mol. The van der Waals surface area contributed by atoms with Crippen molar-refractivity contribution in [2.24, 2.45) is 0 Å². The summed E-state index contributed by atoms with van der Waals surface area (Å²) in [6.07, 6.45) is 1.89. The molecule has 31 heavy (non-hydrogen) atoms. The minimum atomic E-state index is -0.843. The number of aryl methyl sites for hydroxylation is 2.